The van der Waals surface area contributed by atoms with E-state index in [4.69, 9.17) is 4.74 Å². The van der Waals surface area contributed by atoms with Gasteiger partial charge in [0.1, 0.15) is 5.75 Å². The predicted octanol–water partition coefficient (Wildman–Crippen LogP) is 4.70. The molecule has 98 valence electrons. The monoisotopic (exact) mass is 318 g/mol. The molecule has 0 heterocycles. The highest BCUT2D eigenvalue weighted by atomic mass is 79.9. The van der Waals surface area contributed by atoms with Crippen molar-refractivity contribution in [1.82, 2.24) is 0 Å². The molecule has 1 aliphatic rings. The number of hydrogen-bond acceptors (Lipinski definition) is 2. The van der Waals surface area contributed by atoms with Gasteiger partial charge in [0.15, 0.2) is 0 Å². The molecule has 0 bridgehead atoms. The number of halogens is 1. The SMILES string of the molecule is O=C(Oc1ccc2cc(Br)ccc2c1)C1CCCC1. The van der Waals surface area contributed by atoms with E-state index in [0.717, 1.165) is 40.9 Å². The molecule has 0 aliphatic heterocycles. The lowest BCUT2D eigenvalue weighted by atomic mass is 10.1. The molecule has 0 unspecified atom stereocenters. The number of carbonyl (C=O) groups excluding carboxylic acids is 1. The first-order valence-electron chi connectivity index (χ1n) is 6.63. The van der Waals surface area contributed by atoms with Gasteiger partial charge in [-0.05, 0) is 47.9 Å². The summed E-state index contributed by atoms with van der Waals surface area (Å²) in [5.74, 6) is 0.668. The van der Waals surface area contributed by atoms with Crippen LogP contribution in [0.25, 0.3) is 10.8 Å². The number of esters is 1. The Morgan fingerprint density at radius 1 is 1.05 bits per heavy atom. The second-order valence-corrected chi connectivity index (χ2v) is 5.97. The van der Waals surface area contributed by atoms with Gasteiger partial charge in [-0.15, -0.1) is 0 Å². The van der Waals surface area contributed by atoms with Crippen LogP contribution in [0.2, 0.25) is 0 Å². The first-order valence-corrected chi connectivity index (χ1v) is 7.43. The standard InChI is InChI=1S/C16H15BrO2/c17-14-7-5-13-10-15(8-6-12(13)9-14)19-16(18)11-3-1-2-4-11/h5-11H,1-4H2. The third-order valence-electron chi connectivity index (χ3n) is 3.68. The summed E-state index contributed by atoms with van der Waals surface area (Å²) in [6, 6.07) is 11.8. The maximum Gasteiger partial charge on any atom is 0.314 e. The molecule has 2 aromatic carbocycles. The topological polar surface area (TPSA) is 26.3 Å². The summed E-state index contributed by atoms with van der Waals surface area (Å²) in [6.07, 6.45) is 4.23. The van der Waals surface area contributed by atoms with E-state index < -0.39 is 0 Å². The van der Waals surface area contributed by atoms with Crippen LogP contribution in [0.1, 0.15) is 25.7 Å². The highest BCUT2D eigenvalue weighted by molar-refractivity contribution is 9.10. The minimum atomic E-state index is -0.0750. The highest BCUT2D eigenvalue weighted by Crippen LogP contribution is 2.28. The number of rotatable bonds is 2. The lowest BCUT2D eigenvalue weighted by Crippen LogP contribution is -2.17. The average Bonchev–Trinajstić information content (AvgIpc) is 2.93. The molecule has 0 amide bonds. The van der Waals surface area contributed by atoms with E-state index in [2.05, 4.69) is 22.0 Å². The lowest BCUT2D eigenvalue weighted by Gasteiger charge is -2.10. The first kappa shape index (κ1) is 12.7. The van der Waals surface area contributed by atoms with E-state index in [-0.39, 0.29) is 11.9 Å². The summed E-state index contributed by atoms with van der Waals surface area (Å²) >= 11 is 3.45. The third kappa shape index (κ3) is 2.81. The van der Waals surface area contributed by atoms with Crippen molar-refractivity contribution in [2.45, 2.75) is 25.7 Å². The van der Waals surface area contributed by atoms with Crippen molar-refractivity contribution in [2.24, 2.45) is 5.92 Å². The Bertz CT molecular complexity index is 615. The van der Waals surface area contributed by atoms with Crippen molar-refractivity contribution in [1.29, 1.82) is 0 Å². The minimum absolute atomic E-state index is 0.0750. The van der Waals surface area contributed by atoms with Gasteiger partial charge in [-0.2, -0.15) is 0 Å². The zero-order valence-corrected chi connectivity index (χ0v) is 12.2. The molecule has 19 heavy (non-hydrogen) atoms. The first-order chi connectivity index (χ1) is 9.22. The molecule has 0 radical (unpaired) electrons. The van der Waals surface area contributed by atoms with Crippen molar-refractivity contribution in [3.05, 3.63) is 40.9 Å². The van der Waals surface area contributed by atoms with Gasteiger partial charge >= 0.3 is 5.97 Å². The summed E-state index contributed by atoms with van der Waals surface area (Å²) in [5, 5.41) is 2.22. The van der Waals surface area contributed by atoms with Crippen LogP contribution in [-0.2, 0) is 4.79 Å². The Morgan fingerprint density at radius 3 is 2.53 bits per heavy atom. The maximum atomic E-state index is 12.0. The lowest BCUT2D eigenvalue weighted by molar-refractivity contribution is -0.138. The van der Waals surface area contributed by atoms with E-state index in [1.165, 1.54) is 0 Å². The fraction of sp³-hybridized carbons (Fsp3) is 0.312. The summed E-state index contributed by atoms with van der Waals surface area (Å²) in [6.45, 7) is 0. The Hall–Kier alpha value is -1.35. The van der Waals surface area contributed by atoms with Crippen LogP contribution in [0.4, 0.5) is 0 Å². The van der Waals surface area contributed by atoms with Crippen LogP contribution in [0, 0.1) is 5.92 Å². The van der Waals surface area contributed by atoms with Crippen molar-refractivity contribution >= 4 is 32.7 Å². The zero-order valence-electron chi connectivity index (χ0n) is 10.6. The molecule has 0 atom stereocenters. The number of ether oxygens (including phenoxy) is 1. The molecule has 0 spiro atoms. The Labute approximate surface area is 120 Å². The molecule has 0 N–H and O–H groups in total. The van der Waals surface area contributed by atoms with E-state index >= 15 is 0 Å². The van der Waals surface area contributed by atoms with E-state index in [1.54, 1.807) is 0 Å². The summed E-state index contributed by atoms with van der Waals surface area (Å²) < 4.78 is 6.54. The average molecular weight is 319 g/mol. The van der Waals surface area contributed by atoms with Crippen molar-refractivity contribution in [2.75, 3.05) is 0 Å². The molecular weight excluding hydrogens is 304 g/mol. The fourth-order valence-electron chi connectivity index (χ4n) is 2.62. The summed E-state index contributed by atoms with van der Waals surface area (Å²) in [5.41, 5.74) is 0. The molecule has 0 saturated heterocycles. The van der Waals surface area contributed by atoms with Gasteiger partial charge in [0.25, 0.3) is 0 Å². The smallest absolute Gasteiger partial charge is 0.314 e. The maximum absolute atomic E-state index is 12.0. The molecule has 1 saturated carbocycles. The van der Waals surface area contributed by atoms with Gasteiger partial charge in [0.05, 0.1) is 5.92 Å². The van der Waals surface area contributed by atoms with E-state index in [0.29, 0.717) is 5.75 Å². The van der Waals surface area contributed by atoms with Crippen LogP contribution in [0.15, 0.2) is 40.9 Å². The van der Waals surface area contributed by atoms with Crippen molar-refractivity contribution < 1.29 is 9.53 Å². The molecule has 2 nitrogen and oxygen atoms in total. The van der Waals surface area contributed by atoms with Crippen LogP contribution in [0.5, 0.6) is 5.75 Å². The second-order valence-electron chi connectivity index (χ2n) is 5.06. The third-order valence-corrected chi connectivity index (χ3v) is 4.17. The number of benzene rings is 2. The van der Waals surface area contributed by atoms with Crippen LogP contribution in [0.3, 0.4) is 0 Å². The van der Waals surface area contributed by atoms with Gasteiger partial charge in [0.2, 0.25) is 0 Å². The van der Waals surface area contributed by atoms with Gasteiger partial charge < -0.3 is 4.74 Å². The Kier molecular flexibility index (Phi) is 3.56. The zero-order chi connectivity index (χ0) is 13.2. The van der Waals surface area contributed by atoms with Gasteiger partial charge in [-0.3, -0.25) is 4.79 Å². The molecule has 1 aliphatic carbocycles. The number of carbonyl (C=O) groups is 1. The summed E-state index contributed by atoms with van der Waals surface area (Å²) in [4.78, 5) is 12.0. The van der Waals surface area contributed by atoms with Gasteiger partial charge in [0, 0.05) is 4.47 Å². The Balaban J connectivity index is 1.81. The Morgan fingerprint density at radius 2 is 1.74 bits per heavy atom. The van der Waals surface area contributed by atoms with E-state index in [1.807, 2.05) is 30.3 Å². The quantitative estimate of drug-likeness (QED) is 0.592. The van der Waals surface area contributed by atoms with Gasteiger partial charge in [-0.25, -0.2) is 0 Å². The van der Waals surface area contributed by atoms with Crippen molar-refractivity contribution in [3.8, 4) is 5.75 Å². The fourth-order valence-corrected chi connectivity index (χ4v) is 3.00. The molecule has 2 aromatic rings. The minimum Gasteiger partial charge on any atom is -0.426 e. The van der Waals surface area contributed by atoms with Gasteiger partial charge in [-0.1, -0.05) is 40.9 Å². The summed E-state index contributed by atoms with van der Waals surface area (Å²) in [7, 11) is 0. The van der Waals surface area contributed by atoms with Crippen LogP contribution < -0.4 is 4.74 Å². The van der Waals surface area contributed by atoms with Crippen LogP contribution in [-0.4, -0.2) is 5.97 Å². The molecule has 3 rings (SSSR count). The highest BCUT2D eigenvalue weighted by Gasteiger charge is 2.24. The molecular formula is C16H15BrO2. The second kappa shape index (κ2) is 5.33. The largest absolute Gasteiger partial charge is 0.426 e. The molecule has 3 heteroatoms. The predicted molar refractivity (Wildman–Crippen MR) is 79.2 cm³/mol. The number of hydrogen-bond donors (Lipinski definition) is 0. The normalized spacial score (nSPS) is 15.8. The van der Waals surface area contributed by atoms with E-state index in [9.17, 15) is 4.79 Å². The van der Waals surface area contributed by atoms with Crippen molar-refractivity contribution in [3.63, 3.8) is 0 Å². The molecule has 0 aromatic heterocycles. The number of fused-ring (bicyclic) bond motifs is 1. The van der Waals surface area contributed by atoms with Crippen LogP contribution >= 0.6 is 15.9 Å². The molecule has 1 fully saturated rings.